The monoisotopic (exact) mass is 359 g/mol. The quantitative estimate of drug-likeness (QED) is 0.818. The second-order valence-corrected chi connectivity index (χ2v) is 7.39. The first-order valence-electron chi connectivity index (χ1n) is 9.27. The molecule has 0 radical (unpaired) electrons. The van der Waals surface area contributed by atoms with Gasteiger partial charge in [-0.3, -0.25) is 19.6 Å². The minimum absolute atomic E-state index is 0.0103. The number of carbonyl (C=O) groups is 1. The Morgan fingerprint density at radius 1 is 1.23 bits per heavy atom. The molecule has 140 valence electrons. The summed E-state index contributed by atoms with van der Waals surface area (Å²) in [5.74, 6) is 0.116. The lowest BCUT2D eigenvalue weighted by Gasteiger charge is -2.44. The first-order chi connectivity index (χ1) is 12.5. The van der Waals surface area contributed by atoms with E-state index in [-0.39, 0.29) is 18.1 Å². The van der Waals surface area contributed by atoms with Crippen molar-refractivity contribution < 1.29 is 9.90 Å². The highest BCUT2D eigenvalue weighted by atomic mass is 16.3. The van der Waals surface area contributed by atoms with E-state index in [1.807, 2.05) is 13.0 Å². The molecule has 0 aromatic carbocycles. The van der Waals surface area contributed by atoms with Gasteiger partial charge in [-0.25, -0.2) is 9.50 Å². The molecule has 2 fully saturated rings. The molecule has 1 amide bonds. The number of aromatic amines is 1. The first-order valence-corrected chi connectivity index (χ1v) is 9.27. The molecule has 2 aliphatic rings. The third kappa shape index (κ3) is 2.73. The lowest BCUT2D eigenvalue weighted by Crippen LogP contribution is -2.60. The van der Waals surface area contributed by atoms with Crippen molar-refractivity contribution >= 4 is 11.6 Å². The van der Waals surface area contributed by atoms with Crippen LogP contribution in [0.15, 0.2) is 16.9 Å². The Balaban J connectivity index is 1.63. The summed E-state index contributed by atoms with van der Waals surface area (Å²) in [7, 11) is 0. The Bertz CT molecular complexity index is 887. The number of carbonyl (C=O) groups excluding carboxylic acids is 1. The van der Waals surface area contributed by atoms with Gasteiger partial charge in [0.2, 0.25) is 5.91 Å². The molecule has 4 rings (SSSR count). The van der Waals surface area contributed by atoms with E-state index in [1.54, 1.807) is 11.0 Å². The summed E-state index contributed by atoms with van der Waals surface area (Å²) in [5, 5.41) is 12.2. The van der Waals surface area contributed by atoms with E-state index in [0.29, 0.717) is 31.0 Å². The van der Waals surface area contributed by atoms with Crippen LogP contribution in [0.4, 0.5) is 0 Å². The molecule has 26 heavy (non-hydrogen) atoms. The molecular formula is C18H25N5O3. The van der Waals surface area contributed by atoms with Crippen LogP contribution >= 0.6 is 0 Å². The number of aryl methyl sites for hydroxylation is 1. The normalized spacial score (nSPS) is 24.2. The van der Waals surface area contributed by atoms with Crippen LogP contribution in [0, 0.1) is 6.92 Å². The van der Waals surface area contributed by atoms with E-state index in [9.17, 15) is 14.7 Å². The molecule has 2 aliphatic heterocycles. The number of hydrogen-bond acceptors (Lipinski definition) is 5. The molecule has 8 nitrogen and oxygen atoms in total. The van der Waals surface area contributed by atoms with Crippen LogP contribution in [0.2, 0.25) is 0 Å². The number of β-amino-alcohol motifs (C(OH)–C–C–N with tert-alkyl or cyclic N) is 1. The highest BCUT2D eigenvalue weighted by Gasteiger charge is 2.50. The fourth-order valence-corrected chi connectivity index (χ4v) is 4.53. The minimum atomic E-state index is -0.506. The largest absolute Gasteiger partial charge is 0.395 e. The Labute approximate surface area is 151 Å². The molecule has 1 spiro atoms. The summed E-state index contributed by atoms with van der Waals surface area (Å²) < 4.78 is 1.44. The van der Waals surface area contributed by atoms with Crippen LogP contribution in [0.1, 0.15) is 37.1 Å². The van der Waals surface area contributed by atoms with Gasteiger partial charge in [-0.15, -0.1) is 0 Å². The fraction of sp³-hybridized carbons (Fsp3) is 0.611. The highest BCUT2D eigenvalue weighted by Crippen LogP contribution is 2.38. The molecule has 0 aliphatic carbocycles. The van der Waals surface area contributed by atoms with Gasteiger partial charge >= 0.3 is 0 Å². The van der Waals surface area contributed by atoms with Gasteiger partial charge in [0, 0.05) is 37.5 Å². The van der Waals surface area contributed by atoms with Crippen LogP contribution in [0.5, 0.6) is 0 Å². The number of aromatic nitrogens is 3. The minimum Gasteiger partial charge on any atom is -0.395 e. The van der Waals surface area contributed by atoms with Crippen molar-refractivity contribution in [3.05, 3.63) is 33.9 Å². The van der Waals surface area contributed by atoms with Gasteiger partial charge in [-0.1, -0.05) is 0 Å². The Hall–Kier alpha value is -2.19. The van der Waals surface area contributed by atoms with Crippen molar-refractivity contribution in [2.45, 2.75) is 44.7 Å². The van der Waals surface area contributed by atoms with Crippen LogP contribution in [-0.4, -0.2) is 67.2 Å². The van der Waals surface area contributed by atoms with Crippen LogP contribution in [0.25, 0.3) is 5.65 Å². The van der Waals surface area contributed by atoms with E-state index in [1.165, 1.54) is 4.52 Å². The molecule has 0 saturated carbocycles. The molecule has 1 unspecified atom stereocenters. The number of H-pyrrole nitrogens is 1. The summed E-state index contributed by atoms with van der Waals surface area (Å²) in [4.78, 5) is 34.0. The zero-order valence-electron chi connectivity index (χ0n) is 15.1. The van der Waals surface area contributed by atoms with E-state index in [4.69, 9.17) is 0 Å². The van der Waals surface area contributed by atoms with E-state index < -0.39 is 5.54 Å². The van der Waals surface area contributed by atoms with Gasteiger partial charge in [0.25, 0.3) is 5.56 Å². The topological polar surface area (TPSA) is 93.9 Å². The van der Waals surface area contributed by atoms with E-state index in [0.717, 1.165) is 37.9 Å². The Morgan fingerprint density at radius 2 is 2.00 bits per heavy atom. The summed E-state index contributed by atoms with van der Waals surface area (Å²) in [6.45, 7) is 4.30. The van der Waals surface area contributed by atoms with Gasteiger partial charge in [0.05, 0.1) is 12.3 Å². The molecular weight excluding hydrogens is 334 g/mol. The van der Waals surface area contributed by atoms with Crippen molar-refractivity contribution in [1.29, 1.82) is 0 Å². The number of aliphatic hydroxyl groups excluding tert-OH is 1. The second kappa shape index (κ2) is 6.51. The van der Waals surface area contributed by atoms with Crippen molar-refractivity contribution in [1.82, 2.24) is 24.4 Å². The predicted molar refractivity (Wildman–Crippen MR) is 95.8 cm³/mol. The first kappa shape index (κ1) is 17.2. The van der Waals surface area contributed by atoms with Gasteiger partial charge in [0.15, 0.2) is 5.65 Å². The average Bonchev–Trinajstić information content (AvgIpc) is 3.16. The summed E-state index contributed by atoms with van der Waals surface area (Å²) in [5.41, 5.74) is 1.54. The number of aliphatic hydroxyl groups is 1. The lowest BCUT2D eigenvalue weighted by molar-refractivity contribution is -0.148. The van der Waals surface area contributed by atoms with Crippen LogP contribution in [0.3, 0.4) is 0 Å². The van der Waals surface area contributed by atoms with E-state index in [2.05, 4.69) is 15.0 Å². The molecule has 2 saturated heterocycles. The van der Waals surface area contributed by atoms with Crippen molar-refractivity contribution in [3.8, 4) is 0 Å². The maximum atomic E-state index is 13.1. The summed E-state index contributed by atoms with van der Waals surface area (Å²) >= 11 is 0. The third-order valence-electron chi connectivity index (χ3n) is 5.68. The predicted octanol–water partition coefficient (Wildman–Crippen LogP) is 0.280. The molecule has 1 atom stereocenters. The number of amides is 1. The van der Waals surface area contributed by atoms with E-state index >= 15 is 0 Å². The SMILES string of the molecule is Cc1cc2nc(CN3CCCC34CCCN(CCO)C4=O)cc(=O)n2[nH]1. The van der Waals surface area contributed by atoms with Crippen molar-refractivity contribution in [3.63, 3.8) is 0 Å². The van der Waals surface area contributed by atoms with Gasteiger partial charge in [-0.2, -0.15) is 0 Å². The molecule has 8 heteroatoms. The van der Waals surface area contributed by atoms with Crippen LogP contribution in [-0.2, 0) is 11.3 Å². The second-order valence-electron chi connectivity index (χ2n) is 7.39. The van der Waals surface area contributed by atoms with Crippen LogP contribution < -0.4 is 5.56 Å². The standard InChI is InChI=1S/C18H25N5O3/c1-13-10-15-19-14(11-16(25)23(15)20-13)12-22-7-3-5-18(22)4-2-6-21(8-9-24)17(18)26/h10-11,20,24H,2-9,12H2,1H3. The van der Waals surface area contributed by atoms with Gasteiger partial charge < -0.3 is 10.0 Å². The third-order valence-corrected chi connectivity index (χ3v) is 5.68. The lowest BCUT2D eigenvalue weighted by atomic mass is 9.85. The fourth-order valence-electron chi connectivity index (χ4n) is 4.53. The highest BCUT2D eigenvalue weighted by molar-refractivity contribution is 5.87. The maximum Gasteiger partial charge on any atom is 0.272 e. The molecule has 2 aromatic heterocycles. The zero-order chi connectivity index (χ0) is 18.3. The summed E-state index contributed by atoms with van der Waals surface area (Å²) in [6, 6.07) is 3.40. The number of nitrogens with zero attached hydrogens (tertiary/aromatic N) is 4. The average molecular weight is 359 g/mol. The number of rotatable bonds is 4. The van der Waals surface area contributed by atoms with Gasteiger partial charge in [-0.05, 0) is 39.2 Å². The van der Waals surface area contributed by atoms with Gasteiger partial charge in [0.1, 0.15) is 5.54 Å². The number of hydrogen-bond donors (Lipinski definition) is 2. The van der Waals surface area contributed by atoms with Crippen molar-refractivity contribution in [2.75, 3.05) is 26.2 Å². The van der Waals surface area contributed by atoms with Crippen molar-refractivity contribution in [2.24, 2.45) is 0 Å². The maximum absolute atomic E-state index is 13.1. The molecule has 2 aromatic rings. The molecule has 2 N–H and O–H groups in total. The Kier molecular flexibility index (Phi) is 4.32. The number of nitrogens with one attached hydrogen (secondary N) is 1. The smallest absolute Gasteiger partial charge is 0.272 e. The zero-order valence-corrected chi connectivity index (χ0v) is 15.1. The number of fused-ring (bicyclic) bond motifs is 1. The Morgan fingerprint density at radius 3 is 2.77 bits per heavy atom. The molecule has 4 heterocycles. The molecule has 0 bridgehead atoms. The number of likely N-dealkylation sites (tertiary alicyclic amines) is 2. The number of piperidine rings is 1. The summed E-state index contributed by atoms with van der Waals surface area (Å²) in [6.07, 6.45) is 3.56.